The molecule has 3 rings (SSSR count). The van der Waals surface area contributed by atoms with Crippen LogP contribution in [0.5, 0.6) is 0 Å². The number of aromatic nitrogens is 3. The lowest BCUT2D eigenvalue weighted by molar-refractivity contribution is 0.0858. The van der Waals surface area contributed by atoms with Gasteiger partial charge in [-0.15, -0.1) is 5.10 Å². The maximum Gasteiger partial charge on any atom is 0.291 e. The number of carbonyl (C=O) groups is 1. The molecule has 1 aromatic carbocycles. The fourth-order valence-corrected chi connectivity index (χ4v) is 3.11. The van der Waals surface area contributed by atoms with Crippen molar-refractivity contribution in [1.29, 1.82) is 0 Å². The fraction of sp³-hybridized carbons (Fsp3) is 0.500. The van der Waals surface area contributed by atoms with Crippen molar-refractivity contribution in [3.63, 3.8) is 0 Å². The standard InChI is InChI=1S/C18H23FN4O2/c1-2-5-16-21-17(18(25)20-12-8-10-13(24)11-9-12)22-23(16)15-7-4-3-6-14(15)19/h3-4,6-7,12-13,24H,2,5,8-11H2,1H3,(H,20,25). The molecule has 1 aliphatic rings. The van der Waals surface area contributed by atoms with Crippen LogP contribution < -0.4 is 5.32 Å². The number of carbonyl (C=O) groups excluding carboxylic acids is 1. The van der Waals surface area contributed by atoms with Gasteiger partial charge < -0.3 is 10.4 Å². The summed E-state index contributed by atoms with van der Waals surface area (Å²) in [5, 5.41) is 16.7. The predicted molar refractivity (Wildman–Crippen MR) is 91.0 cm³/mol. The van der Waals surface area contributed by atoms with Crippen molar-refractivity contribution in [2.24, 2.45) is 0 Å². The van der Waals surface area contributed by atoms with Crippen LogP contribution in [0.4, 0.5) is 4.39 Å². The molecule has 25 heavy (non-hydrogen) atoms. The monoisotopic (exact) mass is 346 g/mol. The average molecular weight is 346 g/mol. The largest absolute Gasteiger partial charge is 0.393 e. The Hall–Kier alpha value is -2.28. The first-order chi connectivity index (χ1) is 12.1. The van der Waals surface area contributed by atoms with Gasteiger partial charge in [0.1, 0.15) is 17.3 Å². The number of hydrogen-bond acceptors (Lipinski definition) is 4. The summed E-state index contributed by atoms with van der Waals surface area (Å²) in [6, 6.07) is 6.34. The van der Waals surface area contributed by atoms with Crippen LogP contribution in [0.15, 0.2) is 24.3 Å². The molecule has 0 radical (unpaired) electrons. The van der Waals surface area contributed by atoms with E-state index in [2.05, 4.69) is 15.4 Å². The highest BCUT2D eigenvalue weighted by Crippen LogP contribution is 2.19. The van der Waals surface area contributed by atoms with Gasteiger partial charge in [0.25, 0.3) is 5.91 Å². The van der Waals surface area contributed by atoms with Crippen molar-refractivity contribution in [3.8, 4) is 5.69 Å². The highest BCUT2D eigenvalue weighted by Gasteiger charge is 2.24. The second kappa shape index (κ2) is 7.74. The van der Waals surface area contributed by atoms with E-state index in [9.17, 15) is 14.3 Å². The lowest BCUT2D eigenvalue weighted by atomic mass is 9.93. The summed E-state index contributed by atoms with van der Waals surface area (Å²) in [5.41, 5.74) is 0.290. The molecule has 7 heteroatoms. The Morgan fingerprint density at radius 2 is 2.04 bits per heavy atom. The number of nitrogens with zero attached hydrogens (tertiary/aromatic N) is 3. The van der Waals surface area contributed by atoms with Crippen LogP contribution in [0.2, 0.25) is 0 Å². The molecule has 1 aliphatic carbocycles. The number of amides is 1. The highest BCUT2D eigenvalue weighted by atomic mass is 19.1. The molecule has 1 heterocycles. The van der Waals surface area contributed by atoms with Crippen molar-refractivity contribution in [1.82, 2.24) is 20.1 Å². The van der Waals surface area contributed by atoms with Gasteiger partial charge >= 0.3 is 0 Å². The van der Waals surface area contributed by atoms with Crippen molar-refractivity contribution in [2.45, 2.75) is 57.6 Å². The van der Waals surface area contributed by atoms with E-state index in [0.717, 1.165) is 19.3 Å². The molecule has 0 saturated heterocycles. The summed E-state index contributed by atoms with van der Waals surface area (Å²) in [4.78, 5) is 16.8. The summed E-state index contributed by atoms with van der Waals surface area (Å²) in [7, 11) is 0. The molecular weight excluding hydrogens is 323 g/mol. The molecule has 0 spiro atoms. The number of aliphatic hydroxyl groups is 1. The number of nitrogens with one attached hydrogen (secondary N) is 1. The highest BCUT2D eigenvalue weighted by molar-refractivity contribution is 5.90. The maximum absolute atomic E-state index is 14.1. The van der Waals surface area contributed by atoms with E-state index >= 15 is 0 Å². The Kier molecular flexibility index (Phi) is 5.43. The van der Waals surface area contributed by atoms with Crippen LogP contribution in [-0.2, 0) is 6.42 Å². The number of benzene rings is 1. The molecule has 1 fully saturated rings. The van der Waals surface area contributed by atoms with Gasteiger partial charge in [-0.2, -0.15) is 0 Å². The second-order valence-corrected chi connectivity index (χ2v) is 6.44. The summed E-state index contributed by atoms with van der Waals surface area (Å²) in [5.74, 6) is -0.138. The first kappa shape index (κ1) is 17.5. The molecular formula is C18H23FN4O2. The third-order valence-electron chi connectivity index (χ3n) is 4.46. The first-order valence-corrected chi connectivity index (χ1v) is 8.78. The molecule has 2 aromatic rings. The molecule has 1 amide bonds. The minimum atomic E-state index is -0.405. The van der Waals surface area contributed by atoms with Gasteiger partial charge in [0.05, 0.1) is 6.10 Å². The molecule has 0 unspecified atom stereocenters. The summed E-state index contributed by atoms with van der Waals surface area (Å²) in [6.07, 6.45) is 3.99. The van der Waals surface area contributed by atoms with Gasteiger partial charge in [-0.1, -0.05) is 19.1 Å². The first-order valence-electron chi connectivity index (χ1n) is 8.78. The van der Waals surface area contributed by atoms with E-state index in [1.165, 1.54) is 10.7 Å². The predicted octanol–water partition coefficient (Wildman–Crippen LogP) is 2.39. The lowest BCUT2D eigenvalue weighted by Crippen LogP contribution is -2.39. The molecule has 0 bridgehead atoms. The van der Waals surface area contributed by atoms with E-state index < -0.39 is 5.82 Å². The van der Waals surface area contributed by atoms with Crippen LogP contribution in [0, 0.1) is 5.82 Å². The number of halogens is 1. The van der Waals surface area contributed by atoms with E-state index in [1.54, 1.807) is 18.2 Å². The zero-order valence-electron chi connectivity index (χ0n) is 14.3. The van der Waals surface area contributed by atoms with Gasteiger partial charge in [0.15, 0.2) is 0 Å². The summed E-state index contributed by atoms with van der Waals surface area (Å²) >= 11 is 0. The second-order valence-electron chi connectivity index (χ2n) is 6.44. The van der Waals surface area contributed by atoms with Crippen LogP contribution in [-0.4, -0.2) is 37.9 Å². The molecule has 2 N–H and O–H groups in total. The third kappa shape index (κ3) is 4.04. The number of rotatable bonds is 5. The molecule has 1 saturated carbocycles. The van der Waals surface area contributed by atoms with Crippen molar-refractivity contribution in [2.75, 3.05) is 0 Å². The van der Waals surface area contributed by atoms with Crippen molar-refractivity contribution in [3.05, 3.63) is 41.7 Å². The van der Waals surface area contributed by atoms with E-state index in [4.69, 9.17) is 0 Å². The van der Waals surface area contributed by atoms with E-state index in [0.29, 0.717) is 30.8 Å². The Morgan fingerprint density at radius 1 is 1.32 bits per heavy atom. The third-order valence-corrected chi connectivity index (χ3v) is 4.46. The Labute approximate surface area is 146 Å². The van der Waals surface area contributed by atoms with Gasteiger partial charge in [0.2, 0.25) is 5.82 Å². The topological polar surface area (TPSA) is 80.0 Å². The van der Waals surface area contributed by atoms with Gasteiger partial charge in [-0.05, 0) is 44.2 Å². The quantitative estimate of drug-likeness (QED) is 0.871. The number of para-hydroxylation sites is 1. The van der Waals surface area contributed by atoms with E-state index in [1.807, 2.05) is 6.92 Å². The van der Waals surface area contributed by atoms with Crippen molar-refractivity contribution < 1.29 is 14.3 Å². The lowest BCUT2D eigenvalue weighted by Gasteiger charge is -2.25. The summed E-state index contributed by atoms with van der Waals surface area (Å²) < 4.78 is 15.5. The molecule has 1 aromatic heterocycles. The van der Waals surface area contributed by atoms with Crippen LogP contribution >= 0.6 is 0 Å². The number of aryl methyl sites for hydroxylation is 1. The van der Waals surface area contributed by atoms with Crippen LogP contribution in [0.25, 0.3) is 5.69 Å². The van der Waals surface area contributed by atoms with Crippen LogP contribution in [0.3, 0.4) is 0 Å². The zero-order valence-corrected chi connectivity index (χ0v) is 14.3. The smallest absolute Gasteiger partial charge is 0.291 e. The number of hydrogen-bond donors (Lipinski definition) is 2. The molecule has 6 nitrogen and oxygen atoms in total. The SMILES string of the molecule is CCCc1nc(C(=O)NC2CCC(O)CC2)nn1-c1ccccc1F. The van der Waals surface area contributed by atoms with E-state index in [-0.39, 0.29) is 23.9 Å². The zero-order chi connectivity index (χ0) is 17.8. The normalized spacial score (nSPS) is 20.4. The Balaban J connectivity index is 1.81. The summed E-state index contributed by atoms with van der Waals surface area (Å²) in [6.45, 7) is 1.99. The average Bonchev–Trinajstić information content (AvgIpc) is 3.02. The van der Waals surface area contributed by atoms with Gasteiger partial charge in [-0.25, -0.2) is 14.1 Å². The Morgan fingerprint density at radius 3 is 2.72 bits per heavy atom. The maximum atomic E-state index is 14.1. The fourth-order valence-electron chi connectivity index (χ4n) is 3.11. The minimum Gasteiger partial charge on any atom is -0.393 e. The van der Waals surface area contributed by atoms with Gasteiger partial charge in [-0.3, -0.25) is 4.79 Å². The van der Waals surface area contributed by atoms with Crippen molar-refractivity contribution >= 4 is 5.91 Å². The van der Waals surface area contributed by atoms with Gasteiger partial charge in [0, 0.05) is 12.5 Å². The molecule has 0 aliphatic heterocycles. The minimum absolute atomic E-state index is 0.0194. The number of aliphatic hydroxyl groups excluding tert-OH is 1. The Bertz CT molecular complexity index is 738. The van der Waals surface area contributed by atoms with Crippen LogP contribution in [0.1, 0.15) is 55.5 Å². The molecule has 134 valence electrons. The molecule has 0 atom stereocenters.